The van der Waals surface area contributed by atoms with Crippen molar-refractivity contribution in [3.63, 3.8) is 0 Å². The van der Waals surface area contributed by atoms with E-state index in [0.717, 1.165) is 49.4 Å². The standard InChI is InChI=1S/C26H32N4O2/c1-20(2)32-17-12-27-26(31)23-18-25(28-24-11-7-6-10-22(23)24)30-15-13-29(14-16-30)19-21-8-4-3-5-9-21/h3-11,18,20H,12-17,19H2,1-2H3,(H,27,31). The van der Waals surface area contributed by atoms with E-state index >= 15 is 0 Å². The first-order chi connectivity index (χ1) is 15.6. The number of hydrogen-bond acceptors (Lipinski definition) is 5. The molecule has 6 nitrogen and oxygen atoms in total. The number of aromatic nitrogens is 1. The van der Waals surface area contributed by atoms with Crippen LogP contribution in [0.2, 0.25) is 0 Å². The van der Waals surface area contributed by atoms with Gasteiger partial charge in [0.05, 0.1) is 23.8 Å². The molecule has 168 valence electrons. The lowest BCUT2D eigenvalue weighted by Crippen LogP contribution is -2.46. The highest BCUT2D eigenvalue weighted by atomic mass is 16.5. The minimum Gasteiger partial charge on any atom is -0.377 e. The number of anilines is 1. The monoisotopic (exact) mass is 432 g/mol. The molecule has 3 aromatic rings. The Balaban J connectivity index is 1.45. The third-order valence-electron chi connectivity index (χ3n) is 5.73. The van der Waals surface area contributed by atoms with Crippen LogP contribution >= 0.6 is 0 Å². The van der Waals surface area contributed by atoms with Crippen LogP contribution in [0.15, 0.2) is 60.7 Å². The molecule has 1 aromatic heterocycles. The van der Waals surface area contributed by atoms with Gasteiger partial charge < -0.3 is 15.0 Å². The molecule has 1 N–H and O–H groups in total. The molecule has 1 amide bonds. The van der Waals surface area contributed by atoms with E-state index in [1.165, 1.54) is 5.56 Å². The molecule has 0 spiro atoms. The van der Waals surface area contributed by atoms with Crippen LogP contribution in [-0.4, -0.2) is 61.2 Å². The van der Waals surface area contributed by atoms with Gasteiger partial charge in [-0.3, -0.25) is 9.69 Å². The van der Waals surface area contributed by atoms with Crippen LogP contribution in [0, 0.1) is 0 Å². The Morgan fingerprint density at radius 1 is 1.03 bits per heavy atom. The molecule has 2 aromatic carbocycles. The van der Waals surface area contributed by atoms with Crippen LogP contribution in [0.4, 0.5) is 5.82 Å². The second-order valence-electron chi connectivity index (χ2n) is 8.47. The minimum absolute atomic E-state index is 0.0834. The van der Waals surface area contributed by atoms with E-state index in [-0.39, 0.29) is 12.0 Å². The lowest BCUT2D eigenvalue weighted by atomic mass is 10.1. The summed E-state index contributed by atoms with van der Waals surface area (Å²) in [5.41, 5.74) is 2.85. The number of nitrogens with one attached hydrogen (secondary N) is 1. The third kappa shape index (κ3) is 5.64. The molecule has 32 heavy (non-hydrogen) atoms. The Morgan fingerprint density at radius 3 is 2.50 bits per heavy atom. The lowest BCUT2D eigenvalue weighted by Gasteiger charge is -2.35. The number of carbonyl (C=O) groups excluding carboxylic acids is 1. The van der Waals surface area contributed by atoms with Gasteiger partial charge in [-0.25, -0.2) is 4.98 Å². The number of nitrogens with zero attached hydrogens (tertiary/aromatic N) is 3. The zero-order valence-electron chi connectivity index (χ0n) is 19.0. The van der Waals surface area contributed by atoms with Crippen LogP contribution in [-0.2, 0) is 11.3 Å². The molecule has 4 rings (SSSR count). The van der Waals surface area contributed by atoms with Gasteiger partial charge in [-0.15, -0.1) is 0 Å². The second-order valence-corrected chi connectivity index (χ2v) is 8.47. The number of ether oxygens (including phenoxy) is 1. The van der Waals surface area contributed by atoms with Gasteiger partial charge in [0.15, 0.2) is 0 Å². The molecular formula is C26H32N4O2. The van der Waals surface area contributed by atoms with Gasteiger partial charge in [-0.1, -0.05) is 48.5 Å². The Morgan fingerprint density at radius 2 is 1.75 bits per heavy atom. The number of piperazine rings is 1. The second kappa shape index (κ2) is 10.6. The average molecular weight is 433 g/mol. The summed E-state index contributed by atoms with van der Waals surface area (Å²) >= 11 is 0. The van der Waals surface area contributed by atoms with Crippen LogP contribution in [0.5, 0.6) is 0 Å². The Hall–Kier alpha value is -2.96. The molecule has 0 aliphatic carbocycles. The van der Waals surface area contributed by atoms with Gasteiger partial charge in [0.25, 0.3) is 5.91 Å². The molecule has 0 saturated carbocycles. The number of para-hydroxylation sites is 1. The Kier molecular flexibility index (Phi) is 7.35. The summed E-state index contributed by atoms with van der Waals surface area (Å²) in [6.45, 7) is 9.65. The summed E-state index contributed by atoms with van der Waals surface area (Å²) in [4.78, 5) is 22.6. The zero-order chi connectivity index (χ0) is 22.3. The van der Waals surface area contributed by atoms with E-state index in [4.69, 9.17) is 9.72 Å². The van der Waals surface area contributed by atoms with E-state index in [0.29, 0.717) is 18.7 Å². The van der Waals surface area contributed by atoms with E-state index in [2.05, 4.69) is 45.4 Å². The number of benzene rings is 2. The Labute approximate surface area is 190 Å². The maximum absolute atomic E-state index is 13.0. The van der Waals surface area contributed by atoms with E-state index in [1.54, 1.807) is 0 Å². The largest absolute Gasteiger partial charge is 0.377 e. The maximum Gasteiger partial charge on any atom is 0.252 e. The first-order valence-electron chi connectivity index (χ1n) is 11.4. The third-order valence-corrected chi connectivity index (χ3v) is 5.73. The van der Waals surface area contributed by atoms with Crippen molar-refractivity contribution in [1.29, 1.82) is 0 Å². The summed E-state index contributed by atoms with van der Waals surface area (Å²) < 4.78 is 5.55. The summed E-state index contributed by atoms with van der Waals surface area (Å²) in [5.74, 6) is 0.784. The number of carbonyl (C=O) groups is 1. The molecule has 2 heterocycles. The van der Waals surface area contributed by atoms with Crippen molar-refractivity contribution in [2.45, 2.75) is 26.5 Å². The van der Waals surface area contributed by atoms with Crippen LogP contribution in [0.25, 0.3) is 10.9 Å². The average Bonchev–Trinajstić information content (AvgIpc) is 2.82. The summed E-state index contributed by atoms with van der Waals surface area (Å²) in [6.07, 6.45) is 0.154. The highest BCUT2D eigenvalue weighted by Crippen LogP contribution is 2.24. The van der Waals surface area contributed by atoms with Gasteiger partial charge in [0.2, 0.25) is 0 Å². The van der Waals surface area contributed by atoms with Crippen molar-refractivity contribution < 1.29 is 9.53 Å². The van der Waals surface area contributed by atoms with E-state index in [1.807, 2.05) is 44.2 Å². The SMILES string of the molecule is CC(C)OCCNC(=O)c1cc(N2CCN(Cc3ccccc3)CC2)nc2ccccc12. The van der Waals surface area contributed by atoms with E-state index in [9.17, 15) is 4.79 Å². The number of fused-ring (bicyclic) bond motifs is 1. The smallest absolute Gasteiger partial charge is 0.252 e. The van der Waals surface area contributed by atoms with Gasteiger partial charge in [-0.2, -0.15) is 0 Å². The van der Waals surface area contributed by atoms with Gasteiger partial charge in [-0.05, 0) is 31.5 Å². The van der Waals surface area contributed by atoms with Gasteiger partial charge >= 0.3 is 0 Å². The number of hydrogen-bond donors (Lipinski definition) is 1. The molecule has 1 saturated heterocycles. The molecule has 6 heteroatoms. The molecule has 1 aliphatic heterocycles. The molecule has 1 aliphatic rings. The van der Waals surface area contributed by atoms with Gasteiger partial charge in [0, 0.05) is 44.7 Å². The molecule has 0 unspecified atom stereocenters. The fourth-order valence-corrected chi connectivity index (χ4v) is 4.04. The van der Waals surface area contributed by atoms with Crippen molar-refractivity contribution in [2.24, 2.45) is 0 Å². The lowest BCUT2D eigenvalue weighted by molar-refractivity contribution is 0.0747. The fourth-order valence-electron chi connectivity index (χ4n) is 4.04. The van der Waals surface area contributed by atoms with Crippen molar-refractivity contribution in [2.75, 3.05) is 44.2 Å². The number of amides is 1. The maximum atomic E-state index is 13.0. The van der Waals surface area contributed by atoms with Crippen molar-refractivity contribution >= 4 is 22.6 Å². The predicted molar refractivity (Wildman–Crippen MR) is 129 cm³/mol. The summed E-state index contributed by atoms with van der Waals surface area (Å²) in [5, 5.41) is 3.87. The quantitative estimate of drug-likeness (QED) is 0.550. The Bertz CT molecular complexity index is 1030. The first kappa shape index (κ1) is 22.2. The molecule has 0 bridgehead atoms. The van der Waals surface area contributed by atoms with Crippen molar-refractivity contribution in [3.05, 3.63) is 71.8 Å². The highest BCUT2D eigenvalue weighted by Gasteiger charge is 2.21. The predicted octanol–water partition coefficient (Wildman–Crippen LogP) is 3.71. The normalized spacial score (nSPS) is 14.8. The molecule has 1 fully saturated rings. The van der Waals surface area contributed by atoms with Gasteiger partial charge in [0.1, 0.15) is 5.82 Å². The topological polar surface area (TPSA) is 57.7 Å². The highest BCUT2D eigenvalue weighted by molar-refractivity contribution is 6.07. The van der Waals surface area contributed by atoms with Crippen LogP contribution < -0.4 is 10.2 Å². The fraction of sp³-hybridized carbons (Fsp3) is 0.385. The summed E-state index contributed by atoms with van der Waals surface area (Å²) in [6, 6.07) is 20.4. The molecule has 0 atom stereocenters. The van der Waals surface area contributed by atoms with Crippen LogP contribution in [0.1, 0.15) is 29.8 Å². The molecule has 0 radical (unpaired) electrons. The minimum atomic E-state index is -0.0834. The van der Waals surface area contributed by atoms with Crippen molar-refractivity contribution in [3.8, 4) is 0 Å². The number of pyridine rings is 1. The van der Waals surface area contributed by atoms with E-state index < -0.39 is 0 Å². The zero-order valence-corrected chi connectivity index (χ0v) is 19.0. The summed E-state index contributed by atoms with van der Waals surface area (Å²) in [7, 11) is 0. The molecular weight excluding hydrogens is 400 g/mol. The number of rotatable bonds is 8. The van der Waals surface area contributed by atoms with Crippen molar-refractivity contribution in [1.82, 2.24) is 15.2 Å². The van der Waals surface area contributed by atoms with Crippen LogP contribution in [0.3, 0.4) is 0 Å². The first-order valence-corrected chi connectivity index (χ1v) is 11.4.